The summed E-state index contributed by atoms with van der Waals surface area (Å²) < 4.78 is 22.7. The maximum absolute atomic E-state index is 12.8. The van der Waals surface area contributed by atoms with Crippen molar-refractivity contribution in [2.24, 2.45) is 0 Å². The largest absolute Gasteiger partial charge is 0.477 e. The minimum absolute atomic E-state index is 0.173. The molecule has 0 aliphatic heterocycles. The zero-order valence-electron chi connectivity index (χ0n) is 44.2. The third-order valence-electron chi connectivity index (χ3n) is 10.7. The number of carboxylic acid groups (broad SMARTS) is 1. The van der Waals surface area contributed by atoms with Gasteiger partial charge in [-0.1, -0.05) is 180 Å². The van der Waals surface area contributed by atoms with Gasteiger partial charge in [0.2, 0.25) is 0 Å². The van der Waals surface area contributed by atoms with E-state index in [-0.39, 0.29) is 38.6 Å². The highest BCUT2D eigenvalue weighted by Crippen LogP contribution is 2.12. The van der Waals surface area contributed by atoms with Gasteiger partial charge in [-0.05, 0) is 109 Å². The van der Waals surface area contributed by atoms with Crippen molar-refractivity contribution in [1.82, 2.24) is 0 Å². The summed E-state index contributed by atoms with van der Waals surface area (Å²) in [6, 6.07) is 0. The summed E-state index contributed by atoms with van der Waals surface area (Å²) in [5.74, 6) is -2.08. The lowest BCUT2D eigenvalue weighted by Gasteiger charge is -2.25. The molecule has 9 nitrogen and oxygen atoms in total. The SMILES string of the molecule is CC/C=C\C/C=C\C/C=C\C/C=C\C/C=C\C/C=C\C/C=C\C/C=C\C/C=C\CCCCCC(=O)OC(COC(=O)CCCCCCC/C=C\CCCCCC)COC(OCC[N+](C)(C)C)C(=O)O. The van der Waals surface area contributed by atoms with Crippen LogP contribution in [0.25, 0.3) is 0 Å². The van der Waals surface area contributed by atoms with Crippen LogP contribution in [0.15, 0.2) is 122 Å². The molecule has 1 N–H and O–H groups in total. The monoisotopic (exact) mass is 961 g/mol. The molecule has 0 aliphatic carbocycles. The maximum Gasteiger partial charge on any atom is 0.361 e. The molecule has 2 atom stereocenters. The molecule has 2 unspecified atom stereocenters. The fraction of sp³-hybridized carbons (Fsp3) is 0.617. The Morgan fingerprint density at radius 1 is 0.449 bits per heavy atom. The molecule has 0 aromatic heterocycles. The number of rotatable bonds is 47. The van der Waals surface area contributed by atoms with E-state index in [9.17, 15) is 19.5 Å². The molecule has 0 bridgehead atoms. The van der Waals surface area contributed by atoms with Gasteiger partial charge in [0, 0.05) is 12.8 Å². The molecule has 0 saturated carbocycles. The standard InChI is InChI=1S/C60H97NO8/c1-6-8-10-12-14-16-18-20-21-22-23-24-25-26-27-28-29-30-31-32-33-34-35-36-37-39-41-43-45-47-49-51-58(63)69-56(55-68-60(59(64)65)66-53-52-61(3,4)5)54-67-57(62)50-48-46-44-42-40-38-19-17-15-13-11-9-7-2/h8,10,14,16-17,19-21,23-24,26-27,29-30,32-33,35-36,39,41,56,60H,6-7,9,11-13,15,18,22,25,28,31,34,37-38,40,42-55H2,1-5H3/p+1/b10-8-,16-14-,19-17-,21-20-,24-23-,27-26-,30-29-,33-32-,36-35-,41-39-. The van der Waals surface area contributed by atoms with Gasteiger partial charge in [-0.25, -0.2) is 4.79 Å². The molecule has 0 spiro atoms. The summed E-state index contributed by atoms with van der Waals surface area (Å²) in [6.45, 7) is 4.66. The summed E-state index contributed by atoms with van der Waals surface area (Å²) in [5.41, 5.74) is 0. The quantitative estimate of drug-likeness (QED) is 0.0211. The van der Waals surface area contributed by atoms with Gasteiger partial charge >= 0.3 is 17.9 Å². The first-order valence-electron chi connectivity index (χ1n) is 26.7. The lowest BCUT2D eigenvalue weighted by atomic mass is 10.1. The summed E-state index contributed by atoms with van der Waals surface area (Å²) in [7, 11) is 5.93. The van der Waals surface area contributed by atoms with Crippen LogP contribution in [-0.2, 0) is 33.3 Å². The minimum atomic E-state index is -1.53. The van der Waals surface area contributed by atoms with Crippen molar-refractivity contribution in [3.05, 3.63) is 122 Å². The van der Waals surface area contributed by atoms with Crippen LogP contribution in [0.2, 0.25) is 0 Å². The topological polar surface area (TPSA) is 108 Å². The second-order valence-electron chi connectivity index (χ2n) is 18.4. The number of aliphatic carboxylic acids is 1. The van der Waals surface area contributed by atoms with E-state index < -0.39 is 24.3 Å². The number of unbranched alkanes of at least 4 members (excludes halogenated alkanes) is 12. The second kappa shape index (κ2) is 50.1. The number of allylic oxidation sites excluding steroid dienone is 20. The lowest BCUT2D eigenvalue weighted by Crippen LogP contribution is -2.40. The number of ether oxygens (including phenoxy) is 4. The Morgan fingerprint density at radius 3 is 1.26 bits per heavy atom. The fourth-order valence-electron chi connectivity index (χ4n) is 6.59. The number of nitrogens with zero attached hydrogens (tertiary/aromatic N) is 1. The van der Waals surface area contributed by atoms with Crippen LogP contribution in [0, 0.1) is 0 Å². The predicted molar refractivity (Wildman–Crippen MR) is 290 cm³/mol. The minimum Gasteiger partial charge on any atom is -0.477 e. The first-order chi connectivity index (χ1) is 33.6. The number of esters is 2. The van der Waals surface area contributed by atoms with Crippen molar-refractivity contribution in [2.45, 2.75) is 193 Å². The lowest BCUT2D eigenvalue weighted by molar-refractivity contribution is -0.870. The molecule has 0 aromatic rings. The van der Waals surface area contributed by atoms with E-state index in [1.165, 1.54) is 32.1 Å². The first kappa shape index (κ1) is 64.7. The third kappa shape index (κ3) is 51.4. The van der Waals surface area contributed by atoms with Gasteiger partial charge < -0.3 is 28.5 Å². The predicted octanol–water partition coefficient (Wildman–Crippen LogP) is 15.3. The molecule has 390 valence electrons. The van der Waals surface area contributed by atoms with E-state index in [4.69, 9.17) is 18.9 Å². The Balaban J connectivity index is 4.38. The number of carbonyl (C=O) groups is 3. The molecule has 0 rings (SSSR count). The molecule has 0 amide bonds. The molecule has 0 aliphatic rings. The normalized spacial score (nSPS) is 13.8. The number of quaternary nitrogens is 1. The van der Waals surface area contributed by atoms with Gasteiger partial charge in [0.15, 0.2) is 6.10 Å². The Labute approximate surface area is 421 Å². The molecule has 9 heteroatoms. The maximum atomic E-state index is 12.8. The molecule has 0 aromatic carbocycles. The molecule has 0 heterocycles. The van der Waals surface area contributed by atoms with Crippen LogP contribution in [0.5, 0.6) is 0 Å². The number of hydrogen-bond donors (Lipinski definition) is 1. The number of likely N-dealkylation sites (N-methyl/N-ethyl adjacent to an activating group) is 1. The van der Waals surface area contributed by atoms with Gasteiger partial charge in [-0.2, -0.15) is 0 Å². The number of hydrogen-bond acceptors (Lipinski definition) is 7. The second-order valence-corrected chi connectivity index (χ2v) is 18.4. The van der Waals surface area contributed by atoms with Crippen LogP contribution < -0.4 is 0 Å². The fourth-order valence-corrected chi connectivity index (χ4v) is 6.59. The molecular weight excluding hydrogens is 863 g/mol. The average Bonchev–Trinajstić information content (AvgIpc) is 3.31. The Hall–Kier alpha value is -4.31. The van der Waals surface area contributed by atoms with Gasteiger partial charge in [-0.3, -0.25) is 9.59 Å². The van der Waals surface area contributed by atoms with Crippen molar-refractivity contribution in [1.29, 1.82) is 0 Å². The zero-order chi connectivity index (χ0) is 50.6. The number of carboxylic acids is 1. The van der Waals surface area contributed by atoms with Crippen LogP contribution >= 0.6 is 0 Å². The average molecular weight is 961 g/mol. The Kier molecular flexibility index (Phi) is 47.0. The van der Waals surface area contributed by atoms with E-state index in [1.54, 1.807) is 0 Å². The van der Waals surface area contributed by atoms with Gasteiger partial charge in [0.25, 0.3) is 6.29 Å². The molecule has 0 saturated heterocycles. The number of carbonyl (C=O) groups excluding carboxylic acids is 2. The highest BCUT2D eigenvalue weighted by Gasteiger charge is 2.25. The van der Waals surface area contributed by atoms with Crippen LogP contribution in [-0.4, -0.2) is 87.4 Å². The van der Waals surface area contributed by atoms with Crippen LogP contribution in [0.4, 0.5) is 0 Å². The third-order valence-corrected chi connectivity index (χ3v) is 10.7. The highest BCUT2D eigenvalue weighted by molar-refractivity contribution is 5.71. The molecule has 69 heavy (non-hydrogen) atoms. The van der Waals surface area contributed by atoms with E-state index in [0.717, 1.165) is 116 Å². The Morgan fingerprint density at radius 2 is 0.826 bits per heavy atom. The highest BCUT2D eigenvalue weighted by atomic mass is 16.7. The van der Waals surface area contributed by atoms with Crippen molar-refractivity contribution in [3.8, 4) is 0 Å². The van der Waals surface area contributed by atoms with Gasteiger partial charge in [0.05, 0.1) is 34.4 Å². The summed E-state index contributed by atoms with van der Waals surface area (Å²) in [6.07, 6.45) is 67.0. The van der Waals surface area contributed by atoms with Crippen LogP contribution in [0.1, 0.15) is 181 Å². The van der Waals surface area contributed by atoms with Crippen molar-refractivity contribution in [2.75, 3.05) is 47.5 Å². The van der Waals surface area contributed by atoms with E-state index in [0.29, 0.717) is 17.4 Å². The summed E-state index contributed by atoms with van der Waals surface area (Å²) >= 11 is 0. The van der Waals surface area contributed by atoms with Gasteiger partial charge in [0.1, 0.15) is 13.2 Å². The van der Waals surface area contributed by atoms with Crippen molar-refractivity contribution in [3.63, 3.8) is 0 Å². The van der Waals surface area contributed by atoms with Gasteiger partial charge in [-0.15, -0.1) is 0 Å². The van der Waals surface area contributed by atoms with Crippen molar-refractivity contribution >= 4 is 17.9 Å². The van der Waals surface area contributed by atoms with Crippen molar-refractivity contribution < 1.29 is 42.9 Å². The smallest absolute Gasteiger partial charge is 0.361 e. The molecule has 0 fully saturated rings. The molecule has 0 radical (unpaired) electrons. The summed E-state index contributed by atoms with van der Waals surface area (Å²) in [5, 5.41) is 9.67. The summed E-state index contributed by atoms with van der Waals surface area (Å²) in [4.78, 5) is 37.2. The Bertz CT molecular complexity index is 1540. The van der Waals surface area contributed by atoms with E-state index in [1.807, 2.05) is 21.1 Å². The molecular formula is C60H98NO8+. The zero-order valence-corrected chi connectivity index (χ0v) is 44.2. The van der Waals surface area contributed by atoms with E-state index >= 15 is 0 Å². The van der Waals surface area contributed by atoms with E-state index in [2.05, 4.69) is 135 Å². The first-order valence-corrected chi connectivity index (χ1v) is 26.7. The van der Waals surface area contributed by atoms with Crippen LogP contribution in [0.3, 0.4) is 0 Å².